The summed E-state index contributed by atoms with van der Waals surface area (Å²) in [6, 6.07) is 55.5. The van der Waals surface area contributed by atoms with Crippen molar-refractivity contribution < 1.29 is 0 Å². The minimum Gasteiger partial charge on any atom is -0.236 e. The summed E-state index contributed by atoms with van der Waals surface area (Å²) in [5, 5.41) is 5.80. The molecule has 0 radical (unpaired) electrons. The quantitative estimate of drug-likeness (QED) is 0.177. The molecule has 7 heteroatoms. The predicted octanol–water partition coefficient (Wildman–Crippen LogP) is 13.6. The van der Waals surface area contributed by atoms with Crippen LogP contribution in [0.25, 0.3) is 106 Å². The predicted molar refractivity (Wildman–Crippen MR) is 226 cm³/mol. The van der Waals surface area contributed by atoms with Gasteiger partial charge in [0.15, 0.2) is 17.5 Å². The molecule has 0 fully saturated rings. The number of hydrogen-bond donors (Lipinski definition) is 0. The number of aromatic nitrogens is 4. The van der Waals surface area contributed by atoms with Crippen molar-refractivity contribution in [1.82, 2.24) is 19.9 Å². The van der Waals surface area contributed by atoms with Crippen LogP contribution in [0.5, 0.6) is 0 Å². The lowest BCUT2D eigenvalue weighted by molar-refractivity contribution is 1.08. The second kappa shape index (κ2) is 12.2. The number of fused-ring (bicyclic) bond motifs is 7. The topological polar surface area (TPSA) is 51.6 Å². The standard InChI is InChI=1S/C46H26N4S3/c1-2-11-28(12-3-1)43-48-44(33-16-9-21-38-40(33)31-13-4-6-19-36(31)51-38)50-45(49-43)34-17-10-22-39-41(34)32-15-8-14-30(42(32)52-39)27-23-25-29(26-24-27)46-47-35-18-5-7-20-37(35)53-46/h1-26H. The first kappa shape index (κ1) is 30.5. The Hall–Kier alpha value is -6.12. The van der Waals surface area contributed by atoms with Crippen LogP contribution in [0.1, 0.15) is 0 Å². The number of nitrogens with zero attached hydrogens (tertiary/aromatic N) is 4. The van der Waals surface area contributed by atoms with Crippen LogP contribution in [-0.2, 0) is 0 Å². The number of hydrogen-bond acceptors (Lipinski definition) is 7. The molecule has 0 N–H and O–H groups in total. The fourth-order valence-corrected chi connectivity index (χ4v) is 10.7. The lowest BCUT2D eigenvalue weighted by Crippen LogP contribution is -2.00. The van der Waals surface area contributed by atoms with Crippen LogP contribution < -0.4 is 0 Å². The Labute approximate surface area is 316 Å². The molecule has 248 valence electrons. The first-order chi connectivity index (χ1) is 26.2. The Morgan fingerprint density at radius 1 is 0.321 bits per heavy atom. The number of benzene rings is 7. The average molecular weight is 731 g/mol. The highest BCUT2D eigenvalue weighted by atomic mass is 32.1. The maximum absolute atomic E-state index is 5.29. The Balaban J connectivity index is 1.08. The number of para-hydroxylation sites is 1. The third kappa shape index (κ3) is 5.08. The lowest BCUT2D eigenvalue weighted by Gasteiger charge is -2.10. The molecule has 0 saturated heterocycles. The van der Waals surface area contributed by atoms with E-state index in [9.17, 15) is 0 Å². The van der Waals surface area contributed by atoms with Crippen LogP contribution >= 0.6 is 34.0 Å². The lowest BCUT2D eigenvalue weighted by atomic mass is 9.99. The molecule has 0 unspecified atom stereocenters. The van der Waals surface area contributed by atoms with E-state index < -0.39 is 0 Å². The molecule has 0 atom stereocenters. The largest absolute Gasteiger partial charge is 0.236 e. The molecular weight excluding hydrogens is 705 g/mol. The summed E-state index contributed by atoms with van der Waals surface area (Å²) >= 11 is 5.36. The van der Waals surface area contributed by atoms with Crippen LogP contribution in [-0.4, -0.2) is 19.9 Å². The molecule has 11 aromatic rings. The van der Waals surface area contributed by atoms with Gasteiger partial charge in [0.05, 0.1) is 10.2 Å². The highest BCUT2D eigenvalue weighted by Crippen LogP contribution is 2.45. The number of thiophene rings is 2. The summed E-state index contributed by atoms with van der Waals surface area (Å²) in [4.78, 5) is 20.5. The minimum absolute atomic E-state index is 0.660. The Morgan fingerprint density at radius 2 is 0.887 bits per heavy atom. The highest BCUT2D eigenvalue weighted by Gasteiger charge is 2.20. The fraction of sp³-hybridized carbons (Fsp3) is 0. The molecule has 53 heavy (non-hydrogen) atoms. The Bertz CT molecular complexity index is 3140. The van der Waals surface area contributed by atoms with Gasteiger partial charge in [-0.2, -0.15) is 0 Å². The highest BCUT2D eigenvalue weighted by molar-refractivity contribution is 7.26. The molecule has 0 amide bonds. The van der Waals surface area contributed by atoms with E-state index in [4.69, 9.17) is 19.9 Å². The molecule has 0 aliphatic rings. The molecule has 0 aliphatic carbocycles. The molecule has 4 aromatic heterocycles. The van der Waals surface area contributed by atoms with E-state index in [0.29, 0.717) is 17.5 Å². The van der Waals surface area contributed by atoms with E-state index >= 15 is 0 Å². The molecule has 7 aromatic carbocycles. The van der Waals surface area contributed by atoms with Gasteiger partial charge >= 0.3 is 0 Å². The van der Waals surface area contributed by atoms with Crippen LogP contribution in [0.4, 0.5) is 0 Å². The molecule has 0 aliphatic heterocycles. The van der Waals surface area contributed by atoms with E-state index in [1.165, 1.54) is 50.8 Å². The summed E-state index contributed by atoms with van der Waals surface area (Å²) in [6.07, 6.45) is 0. The Morgan fingerprint density at radius 3 is 1.66 bits per heavy atom. The van der Waals surface area contributed by atoms with Gasteiger partial charge in [0.2, 0.25) is 0 Å². The summed E-state index contributed by atoms with van der Waals surface area (Å²) < 4.78 is 6.12. The van der Waals surface area contributed by atoms with Gasteiger partial charge in [-0.15, -0.1) is 34.0 Å². The smallest absolute Gasteiger partial charge is 0.164 e. The summed E-state index contributed by atoms with van der Waals surface area (Å²) in [5.74, 6) is 2.00. The molecular formula is C46H26N4S3. The molecule has 4 heterocycles. The number of thiazole rings is 1. The molecule has 0 saturated carbocycles. The summed E-state index contributed by atoms with van der Waals surface area (Å²) in [6.45, 7) is 0. The molecule has 4 nitrogen and oxygen atoms in total. The van der Waals surface area contributed by atoms with Crippen molar-refractivity contribution in [3.05, 3.63) is 158 Å². The van der Waals surface area contributed by atoms with Gasteiger partial charge in [0, 0.05) is 62.6 Å². The number of rotatable bonds is 5. The van der Waals surface area contributed by atoms with Crippen molar-refractivity contribution in [2.24, 2.45) is 0 Å². The Kier molecular flexibility index (Phi) is 7.05. The van der Waals surface area contributed by atoms with Crippen LogP contribution in [0.15, 0.2) is 158 Å². The summed E-state index contributed by atoms with van der Waals surface area (Å²) in [5.41, 5.74) is 7.53. The first-order valence-corrected chi connectivity index (χ1v) is 19.8. The maximum atomic E-state index is 5.29. The van der Waals surface area contributed by atoms with Crippen molar-refractivity contribution in [3.63, 3.8) is 0 Å². The van der Waals surface area contributed by atoms with E-state index in [1.807, 2.05) is 35.6 Å². The van der Waals surface area contributed by atoms with Crippen LogP contribution in [0, 0.1) is 0 Å². The second-order valence-electron chi connectivity index (χ2n) is 13.0. The maximum Gasteiger partial charge on any atom is 0.164 e. The zero-order valence-electron chi connectivity index (χ0n) is 28.0. The zero-order valence-corrected chi connectivity index (χ0v) is 30.5. The van der Waals surface area contributed by atoms with Crippen molar-refractivity contribution in [2.75, 3.05) is 0 Å². The van der Waals surface area contributed by atoms with Gasteiger partial charge in [-0.05, 0) is 41.5 Å². The normalized spacial score (nSPS) is 11.8. The molecule has 11 rings (SSSR count). The summed E-state index contributed by atoms with van der Waals surface area (Å²) in [7, 11) is 0. The zero-order chi connectivity index (χ0) is 34.9. The molecule has 0 bridgehead atoms. The van der Waals surface area contributed by atoms with Gasteiger partial charge in [0.25, 0.3) is 0 Å². The first-order valence-electron chi connectivity index (χ1n) is 17.4. The SMILES string of the molecule is c1ccc(-c2nc(-c3cccc4sc5ccccc5c34)nc(-c3cccc4sc5c(-c6ccc(-c7nc8ccccc8s7)cc6)cccc5c34)n2)cc1. The van der Waals surface area contributed by atoms with Crippen molar-refractivity contribution >= 4 is 84.6 Å². The van der Waals surface area contributed by atoms with Gasteiger partial charge in [-0.1, -0.05) is 127 Å². The van der Waals surface area contributed by atoms with E-state index in [2.05, 4.69) is 133 Å². The fourth-order valence-electron chi connectivity index (χ4n) is 7.34. The van der Waals surface area contributed by atoms with Gasteiger partial charge in [-0.25, -0.2) is 19.9 Å². The average Bonchev–Trinajstić information content (AvgIpc) is 3.94. The van der Waals surface area contributed by atoms with E-state index in [-0.39, 0.29) is 0 Å². The second-order valence-corrected chi connectivity index (χ2v) is 16.1. The van der Waals surface area contributed by atoms with E-state index in [1.54, 1.807) is 22.7 Å². The third-order valence-corrected chi connectivity index (χ3v) is 13.2. The monoisotopic (exact) mass is 730 g/mol. The third-order valence-electron chi connectivity index (χ3n) is 9.81. The van der Waals surface area contributed by atoms with E-state index in [0.717, 1.165) is 38.2 Å². The van der Waals surface area contributed by atoms with Crippen molar-refractivity contribution in [2.45, 2.75) is 0 Å². The van der Waals surface area contributed by atoms with Gasteiger partial charge in [-0.3, -0.25) is 0 Å². The van der Waals surface area contributed by atoms with Gasteiger partial charge < -0.3 is 0 Å². The minimum atomic E-state index is 0.660. The molecule has 0 spiro atoms. The van der Waals surface area contributed by atoms with Crippen molar-refractivity contribution in [1.29, 1.82) is 0 Å². The van der Waals surface area contributed by atoms with Crippen molar-refractivity contribution in [3.8, 4) is 55.9 Å². The van der Waals surface area contributed by atoms with Gasteiger partial charge in [0.1, 0.15) is 5.01 Å². The van der Waals surface area contributed by atoms with Crippen LogP contribution in [0.3, 0.4) is 0 Å². The van der Waals surface area contributed by atoms with Crippen LogP contribution in [0.2, 0.25) is 0 Å².